The van der Waals surface area contributed by atoms with E-state index in [1.807, 2.05) is 6.92 Å². The van der Waals surface area contributed by atoms with Gasteiger partial charge < -0.3 is 29.9 Å². The molecular weight excluding hydrogens is 667 g/mol. The molecule has 4 aromatic rings. The van der Waals surface area contributed by atoms with E-state index in [0.29, 0.717) is 17.7 Å². The largest absolute Gasteiger partial charge is 0.457 e. The molecule has 0 aliphatic carbocycles. The lowest BCUT2D eigenvalue weighted by atomic mass is 10.1. The highest BCUT2D eigenvalue weighted by molar-refractivity contribution is 6.01. The molecule has 2 atom stereocenters. The second kappa shape index (κ2) is 15.4. The van der Waals surface area contributed by atoms with Crippen LogP contribution in [0.5, 0.6) is 11.5 Å². The molecular formula is C37H34F3N5O6. The summed E-state index contributed by atoms with van der Waals surface area (Å²) < 4.78 is 55.5. The first-order chi connectivity index (χ1) is 24.6. The molecule has 14 heteroatoms. The van der Waals surface area contributed by atoms with Crippen LogP contribution in [-0.2, 0) is 22.7 Å². The Kier molecular flexibility index (Phi) is 10.6. The molecule has 11 nitrogen and oxygen atoms in total. The summed E-state index contributed by atoms with van der Waals surface area (Å²) in [5.41, 5.74) is 0.623. The van der Waals surface area contributed by atoms with Crippen molar-refractivity contribution < 1.29 is 41.8 Å². The average Bonchev–Trinajstić information content (AvgIpc) is 3.51. The Morgan fingerprint density at radius 3 is 2.59 bits per heavy atom. The summed E-state index contributed by atoms with van der Waals surface area (Å²) in [5.74, 6) is -5.45. The predicted octanol–water partition coefficient (Wildman–Crippen LogP) is 4.61. The van der Waals surface area contributed by atoms with Gasteiger partial charge in [-0.05, 0) is 66.6 Å². The minimum Gasteiger partial charge on any atom is -0.457 e. The van der Waals surface area contributed by atoms with E-state index < -0.39 is 58.8 Å². The van der Waals surface area contributed by atoms with Crippen molar-refractivity contribution in [2.24, 2.45) is 0 Å². The monoisotopic (exact) mass is 701 g/mol. The summed E-state index contributed by atoms with van der Waals surface area (Å²) in [6.07, 6.45) is 1.26. The number of ether oxygens (including phenoxy) is 2. The smallest absolute Gasteiger partial charge is 0.257 e. The van der Waals surface area contributed by atoms with Gasteiger partial charge in [-0.2, -0.15) is 0 Å². The molecule has 1 aromatic heterocycles. The molecule has 4 amide bonds. The molecule has 1 fully saturated rings. The lowest BCUT2D eigenvalue weighted by molar-refractivity contribution is -0.123. The van der Waals surface area contributed by atoms with Gasteiger partial charge in [0.2, 0.25) is 5.91 Å². The molecule has 0 saturated carbocycles. The van der Waals surface area contributed by atoms with Gasteiger partial charge in [0.15, 0.2) is 11.6 Å². The van der Waals surface area contributed by atoms with Crippen LogP contribution < -0.4 is 15.4 Å². The summed E-state index contributed by atoms with van der Waals surface area (Å²) in [4.78, 5) is 60.8. The van der Waals surface area contributed by atoms with E-state index in [9.17, 15) is 32.3 Å². The highest BCUT2D eigenvalue weighted by Gasteiger charge is 2.38. The van der Waals surface area contributed by atoms with Gasteiger partial charge in [-0.25, -0.2) is 13.2 Å². The van der Waals surface area contributed by atoms with E-state index in [-0.39, 0.29) is 62.0 Å². The number of fused-ring (bicyclic) bond motifs is 5. The lowest BCUT2D eigenvalue weighted by Gasteiger charge is -2.25. The van der Waals surface area contributed by atoms with Gasteiger partial charge in [0.25, 0.3) is 17.7 Å². The number of nitrogens with zero attached hydrogens (tertiary/aromatic N) is 3. The number of pyridine rings is 1. The zero-order chi connectivity index (χ0) is 36.1. The van der Waals surface area contributed by atoms with Crippen molar-refractivity contribution in [1.29, 1.82) is 0 Å². The summed E-state index contributed by atoms with van der Waals surface area (Å²) in [7, 11) is 0. The van der Waals surface area contributed by atoms with Gasteiger partial charge in [-0.3, -0.25) is 24.2 Å². The van der Waals surface area contributed by atoms with Crippen LogP contribution in [0.3, 0.4) is 0 Å². The van der Waals surface area contributed by atoms with Crippen molar-refractivity contribution in [3.8, 4) is 11.5 Å². The summed E-state index contributed by atoms with van der Waals surface area (Å²) in [6.45, 7) is 1.39. The molecule has 264 valence electrons. The molecule has 4 bridgehead atoms. The molecule has 0 spiro atoms. The maximum Gasteiger partial charge on any atom is 0.257 e. The first-order valence-electron chi connectivity index (χ1n) is 16.3. The SMILES string of the molecule is CCCN1CC(=O)N[C@@H]2CN(C(=O)c3cccc(F)c3F)C[C@H]2OCc2cc(F)cc(c2)Oc2cc(C(=O)NCc3ccccn3)cc(c2)C1=O. The number of hydrogen-bond donors (Lipinski definition) is 2. The van der Waals surface area contributed by atoms with Crippen LogP contribution in [0, 0.1) is 17.5 Å². The first kappa shape index (κ1) is 35.1. The van der Waals surface area contributed by atoms with E-state index in [0.717, 1.165) is 18.2 Å². The van der Waals surface area contributed by atoms with E-state index in [4.69, 9.17) is 9.47 Å². The molecule has 2 aliphatic rings. The lowest BCUT2D eigenvalue weighted by Crippen LogP contribution is -2.49. The fraction of sp³-hybridized carbons (Fsp3) is 0.270. The normalized spacial score (nSPS) is 17.7. The molecule has 3 aromatic carbocycles. The highest BCUT2D eigenvalue weighted by Crippen LogP contribution is 2.28. The molecule has 1 saturated heterocycles. The molecule has 6 rings (SSSR count). The second-order valence-corrected chi connectivity index (χ2v) is 12.2. The predicted molar refractivity (Wildman–Crippen MR) is 177 cm³/mol. The van der Waals surface area contributed by atoms with Gasteiger partial charge >= 0.3 is 0 Å². The standard InChI is InChI=1S/C37H34F3N5O6/c1-2-10-44-20-33(46)43-31-18-45(37(49)29-7-5-8-30(39)34(29)40)19-32(31)50-21-22-11-25(38)16-27(12-22)51-28-14-23(13-24(15-28)36(44)48)35(47)42-17-26-6-3-4-9-41-26/h3-9,11-16,31-32H,2,10,17-21H2,1H3,(H,42,47)(H,43,46)/t31-,32-/m1/s1. The quantitative estimate of drug-likeness (QED) is 0.300. The van der Waals surface area contributed by atoms with Gasteiger partial charge in [0.1, 0.15) is 17.3 Å². The van der Waals surface area contributed by atoms with Crippen LogP contribution >= 0.6 is 0 Å². The minimum atomic E-state index is -1.29. The molecule has 3 heterocycles. The zero-order valence-corrected chi connectivity index (χ0v) is 27.5. The van der Waals surface area contributed by atoms with Gasteiger partial charge in [0, 0.05) is 43.0 Å². The van der Waals surface area contributed by atoms with E-state index in [1.165, 1.54) is 46.2 Å². The number of carbonyl (C=O) groups excluding carboxylic acids is 4. The third-order valence-corrected chi connectivity index (χ3v) is 8.40. The van der Waals surface area contributed by atoms with Crippen molar-refractivity contribution in [3.63, 3.8) is 0 Å². The van der Waals surface area contributed by atoms with E-state index in [1.54, 1.807) is 24.4 Å². The second-order valence-electron chi connectivity index (χ2n) is 12.2. The van der Waals surface area contributed by atoms with Crippen LogP contribution in [0.15, 0.2) is 79.0 Å². The van der Waals surface area contributed by atoms with E-state index >= 15 is 0 Å². The fourth-order valence-corrected chi connectivity index (χ4v) is 6.01. The van der Waals surface area contributed by atoms with Crippen LogP contribution in [0.2, 0.25) is 0 Å². The Bertz CT molecular complexity index is 1960. The third-order valence-electron chi connectivity index (χ3n) is 8.40. The van der Waals surface area contributed by atoms with Gasteiger partial charge in [0.05, 0.1) is 43.1 Å². The van der Waals surface area contributed by atoms with Crippen LogP contribution in [0.4, 0.5) is 13.2 Å². The topological polar surface area (TPSA) is 130 Å². The first-order valence-corrected chi connectivity index (χ1v) is 16.3. The average molecular weight is 702 g/mol. The zero-order valence-electron chi connectivity index (χ0n) is 27.5. The fourth-order valence-electron chi connectivity index (χ4n) is 6.01. The summed E-state index contributed by atoms with van der Waals surface area (Å²) >= 11 is 0. The van der Waals surface area contributed by atoms with Crippen molar-refractivity contribution in [1.82, 2.24) is 25.4 Å². The van der Waals surface area contributed by atoms with Crippen LogP contribution in [0.1, 0.15) is 55.7 Å². The number of halogens is 3. The minimum absolute atomic E-state index is 0.0522. The number of aromatic nitrogens is 1. The number of amides is 4. The highest BCUT2D eigenvalue weighted by atomic mass is 19.2. The summed E-state index contributed by atoms with van der Waals surface area (Å²) in [6, 6.07) is 15.8. The van der Waals surface area contributed by atoms with Gasteiger partial charge in [-0.1, -0.05) is 19.1 Å². The molecule has 0 radical (unpaired) electrons. The van der Waals surface area contributed by atoms with Crippen molar-refractivity contribution >= 4 is 23.6 Å². The van der Waals surface area contributed by atoms with Crippen molar-refractivity contribution in [2.45, 2.75) is 38.6 Å². The number of hydrogen-bond acceptors (Lipinski definition) is 7. The summed E-state index contributed by atoms with van der Waals surface area (Å²) in [5, 5.41) is 5.60. The maximum atomic E-state index is 14.9. The number of likely N-dealkylation sites (tertiary alicyclic amines) is 1. The van der Waals surface area contributed by atoms with Gasteiger partial charge in [-0.15, -0.1) is 0 Å². The Balaban J connectivity index is 1.31. The molecule has 2 aliphatic heterocycles. The Morgan fingerprint density at radius 1 is 0.980 bits per heavy atom. The Morgan fingerprint density at radius 2 is 1.80 bits per heavy atom. The Hall–Kier alpha value is -5.76. The third kappa shape index (κ3) is 8.35. The molecule has 2 N–H and O–H groups in total. The van der Waals surface area contributed by atoms with Crippen LogP contribution in [0.25, 0.3) is 0 Å². The number of carbonyl (C=O) groups is 4. The number of nitrogens with one attached hydrogen (secondary N) is 2. The molecule has 51 heavy (non-hydrogen) atoms. The Labute approximate surface area is 291 Å². The van der Waals surface area contributed by atoms with Crippen molar-refractivity contribution in [3.05, 3.63) is 124 Å². The van der Waals surface area contributed by atoms with Crippen LogP contribution in [-0.4, -0.2) is 76.7 Å². The maximum absolute atomic E-state index is 14.9. The number of benzene rings is 3. The number of rotatable bonds is 6. The molecule has 0 unspecified atom stereocenters. The van der Waals surface area contributed by atoms with Crippen molar-refractivity contribution in [2.75, 3.05) is 26.2 Å². The van der Waals surface area contributed by atoms with E-state index in [2.05, 4.69) is 15.6 Å².